The van der Waals surface area contributed by atoms with Crippen LogP contribution in [0.25, 0.3) is 0 Å². The van der Waals surface area contributed by atoms with E-state index in [0.29, 0.717) is 12.8 Å². The van der Waals surface area contributed by atoms with Crippen LogP contribution in [-0.2, 0) is 9.53 Å². The average molecular weight is 379 g/mol. The molecule has 3 saturated carbocycles. The first-order valence-corrected chi connectivity index (χ1v) is 10.4. The predicted octanol–water partition coefficient (Wildman–Crippen LogP) is 2.43. The monoisotopic (exact) mass is 378 g/mol. The Morgan fingerprint density at radius 2 is 1.81 bits per heavy atom. The Hall–Kier alpha value is -0.910. The first kappa shape index (κ1) is 19.4. The normalized spacial score (nSPS) is 52.8. The highest BCUT2D eigenvalue weighted by Gasteiger charge is 2.70. The van der Waals surface area contributed by atoms with Crippen LogP contribution in [0.4, 0.5) is 0 Å². The maximum absolute atomic E-state index is 11.9. The van der Waals surface area contributed by atoms with Gasteiger partial charge in [-0.3, -0.25) is 4.79 Å². The van der Waals surface area contributed by atoms with Gasteiger partial charge in [-0.05, 0) is 54.8 Å². The summed E-state index contributed by atoms with van der Waals surface area (Å²) in [6.07, 6.45) is 6.52. The van der Waals surface area contributed by atoms with Crippen molar-refractivity contribution in [3.63, 3.8) is 0 Å². The maximum Gasteiger partial charge on any atom is 0.302 e. The van der Waals surface area contributed by atoms with Crippen LogP contribution in [0.2, 0.25) is 0 Å². The van der Waals surface area contributed by atoms with E-state index in [1.54, 1.807) is 0 Å². The molecule has 5 nitrogen and oxygen atoms in total. The number of hydrogen-bond donors (Lipinski definition) is 3. The van der Waals surface area contributed by atoms with Crippen LogP contribution < -0.4 is 0 Å². The van der Waals surface area contributed by atoms with E-state index >= 15 is 0 Å². The van der Waals surface area contributed by atoms with Gasteiger partial charge in [-0.1, -0.05) is 32.9 Å². The van der Waals surface area contributed by atoms with Crippen molar-refractivity contribution in [1.29, 1.82) is 0 Å². The molecule has 0 aromatic heterocycles. The number of carbonyl (C=O) groups excluding carboxylic acids is 1. The summed E-state index contributed by atoms with van der Waals surface area (Å²) in [6.45, 7) is 7.94. The average Bonchev–Trinajstić information content (AvgIpc) is 2.94. The second kappa shape index (κ2) is 5.80. The third kappa shape index (κ3) is 2.37. The first-order valence-electron chi connectivity index (χ1n) is 10.4. The van der Waals surface area contributed by atoms with Crippen LogP contribution in [0, 0.1) is 33.5 Å². The van der Waals surface area contributed by atoms with Crippen molar-refractivity contribution in [2.45, 2.75) is 78.1 Å². The van der Waals surface area contributed by atoms with Gasteiger partial charge in [0.25, 0.3) is 0 Å². The molecule has 2 unspecified atom stereocenters. The Labute approximate surface area is 161 Å². The van der Waals surface area contributed by atoms with Crippen molar-refractivity contribution in [2.24, 2.45) is 33.5 Å². The fourth-order valence-electron chi connectivity index (χ4n) is 7.56. The SMILES string of the molecule is CC(=O)O[C@H]1CC2C(C)(C)[C@H](O)CC[C@@]2(C)C2C[C@@H](O)[C@]3(CO)C=C[C@@]21C3. The Kier molecular flexibility index (Phi) is 4.17. The lowest BCUT2D eigenvalue weighted by Gasteiger charge is -2.67. The van der Waals surface area contributed by atoms with Crippen LogP contribution in [-0.4, -0.2) is 46.2 Å². The Balaban J connectivity index is 1.83. The fraction of sp³-hybridized carbons (Fsp3) is 0.864. The molecule has 1 spiro atoms. The molecule has 5 heteroatoms. The summed E-state index contributed by atoms with van der Waals surface area (Å²) in [5.41, 5.74) is -1.28. The van der Waals surface area contributed by atoms with Gasteiger partial charge in [-0.15, -0.1) is 0 Å². The summed E-state index contributed by atoms with van der Waals surface area (Å²) >= 11 is 0. The number of aliphatic hydroxyl groups excluding tert-OH is 3. The zero-order chi connectivity index (χ0) is 19.8. The largest absolute Gasteiger partial charge is 0.462 e. The fourth-order valence-corrected chi connectivity index (χ4v) is 7.56. The van der Waals surface area contributed by atoms with Gasteiger partial charge in [0.15, 0.2) is 0 Å². The summed E-state index contributed by atoms with van der Waals surface area (Å²) in [4.78, 5) is 11.9. The van der Waals surface area contributed by atoms with E-state index in [2.05, 4.69) is 26.8 Å². The van der Waals surface area contributed by atoms with Gasteiger partial charge < -0.3 is 20.1 Å². The molecule has 0 heterocycles. The molecule has 0 aromatic rings. The molecule has 8 atom stereocenters. The van der Waals surface area contributed by atoms with Gasteiger partial charge in [-0.25, -0.2) is 0 Å². The molecule has 0 aliphatic heterocycles. The Morgan fingerprint density at radius 3 is 2.44 bits per heavy atom. The van der Waals surface area contributed by atoms with E-state index in [9.17, 15) is 20.1 Å². The van der Waals surface area contributed by atoms with Crippen LogP contribution in [0.3, 0.4) is 0 Å². The standard InChI is InChI=1S/C22H34O5/c1-13(24)27-18-10-14-19(2,3)16(25)5-6-20(14,4)15-9-17(26)21(12-23)7-8-22(15,18)11-21/h7-8,14-18,23,25-26H,5-6,9-12H2,1-4H3/t14?,15?,16-,17-,18+,20-,21-,22-/m1/s1. The topological polar surface area (TPSA) is 87.0 Å². The van der Waals surface area contributed by atoms with E-state index in [0.717, 1.165) is 19.3 Å². The van der Waals surface area contributed by atoms with Crippen molar-refractivity contribution in [3.05, 3.63) is 12.2 Å². The molecule has 4 aliphatic rings. The van der Waals surface area contributed by atoms with Crippen LogP contribution in [0.5, 0.6) is 0 Å². The quantitative estimate of drug-likeness (QED) is 0.507. The molecular weight excluding hydrogens is 344 g/mol. The smallest absolute Gasteiger partial charge is 0.302 e. The van der Waals surface area contributed by atoms with E-state index in [1.165, 1.54) is 6.92 Å². The molecule has 0 saturated heterocycles. The van der Waals surface area contributed by atoms with Gasteiger partial charge in [0.2, 0.25) is 0 Å². The van der Waals surface area contributed by atoms with E-state index in [1.807, 2.05) is 6.08 Å². The van der Waals surface area contributed by atoms with E-state index in [4.69, 9.17) is 4.74 Å². The number of rotatable bonds is 2. The lowest BCUT2D eigenvalue weighted by atomic mass is 9.39. The minimum atomic E-state index is -0.623. The summed E-state index contributed by atoms with van der Waals surface area (Å²) in [7, 11) is 0. The lowest BCUT2D eigenvalue weighted by molar-refractivity contribution is -0.236. The van der Waals surface area contributed by atoms with Gasteiger partial charge in [0.05, 0.1) is 18.8 Å². The number of carbonyl (C=O) groups is 1. The van der Waals surface area contributed by atoms with Crippen molar-refractivity contribution in [3.8, 4) is 0 Å². The summed E-state index contributed by atoms with van der Waals surface area (Å²) in [5, 5.41) is 31.7. The molecule has 3 N–H and O–H groups in total. The van der Waals surface area contributed by atoms with Crippen molar-refractivity contribution in [2.75, 3.05) is 6.61 Å². The first-order chi connectivity index (χ1) is 12.5. The van der Waals surface area contributed by atoms with Crippen LogP contribution in [0.1, 0.15) is 59.8 Å². The minimum Gasteiger partial charge on any atom is -0.462 e. The summed E-state index contributed by atoms with van der Waals surface area (Å²) in [6, 6.07) is 0. The van der Waals surface area contributed by atoms with Gasteiger partial charge in [0.1, 0.15) is 6.10 Å². The predicted molar refractivity (Wildman–Crippen MR) is 101 cm³/mol. The van der Waals surface area contributed by atoms with Gasteiger partial charge in [0, 0.05) is 17.8 Å². The molecule has 152 valence electrons. The highest BCUT2D eigenvalue weighted by Crippen LogP contribution is 2.72. The van der Waals surface area contributed by atoms with Gasteiger partial charge >= 0.3 is 5.97 Å². The van der Waals surface area contributed by atoms with Gasteiger partial charge in [-0.2, -0.15) is 0 Å². The molecule has 0 radical (unpaired) electrons. The third-order valence-electron chi connectivity index (χ3n) is 9.09. The highest BCUT2D eigenvalue weighted by atomic mass is 16.5. The molecular formula is C22H34O5. The number of aliphatic hydroxyl groups is 3. The second-order valence-electron chi connectivity index (χ2n) is 10.6. The van der Waals surface area contributed by atoms with Crippen molar-refractivity contribution >= 4 is 5.97 Å². The minimum absolute atomic E-state index is 0.0450. The molecule has 4 rings (SSSR count). The lowest BCUT2D eigenvalue weighted by Crippen LogP contribution is -2.66. The summed E-state index contributed by atoms with van der Waals surface area (Å²) < 4.78 is 5.89. The zero-order valence-electron chi connectivity index (χ0n) is 16.9. The van der Waals surface area contributed by atoms with E-state index in [-0.39, 0.29) is 52.9 Å². The number of esters is 1. The maximum atomic E-state index is 11.9. The zero-order valence-corrected chi connectivity index (χ0v) is 16.9. The molecule has 4 aliphatic carbocycles. The number of fused-ring (bicyclic) bond motifs is 3. The molecule has 2 bridgehead atoms. The second-order valence-corrected chi connectivity index (χ2v) is 10.6. The molecule has 3 fully saturated rings. The Bertz CT molecular complexity index is 672. The Morgan fingerprint density at radius 1 is 1.11 bits per heavy atom. The van der Waals surface area contributed by atoms with Crippen molar-refractivity contribution in [1.82, 2.24) is 0 Å². The van der Waals surface area contributed by atoms with Crippen molar-refractivity contribution < 1.29 is 24.9 Å². The molecule has 0 aromatic carbocycles. The molecule has 27 heavy (non-hydrogen) atoms. The van der Waals surface area contributed by atoms with E-state index < -0.39 is 11.5 Å². The van der Waals surface area contributed by atoms with Crippen LogP contribution >= 0.6 is 0 Å². The number of hydrogen-bond acceptors (Lipinski definition) is 5. The highest BCUT2D eigenvalue weighted by molar-refractivity contribution is 5.66. The third-order valence-corrected chi connectivity index (χ3v) is 9.09. The molecule has 0 amide bonds. The summed E-state index contributed by atoms with van der Waals surface area (Å²) in [5.74, 6) is 0.0803. The number of ether oxygens (including phenoxy) is 1. The van der Waals surface area contributed by atoms with Crippen LogP contribution in [0.15, 0.2) is 12.2 Å².